The standard InChI is InChI=1S/C17H26N4O4S2/c22-15(19-17(23)18-14-5-2-1-3-6-14)13-20-8-10-21(11-9-20)27(24,25)16-7-4-12-26-16/h4,7,12,14H,1-3,5-6,8-11,13H2,(H2,18,19,22,23). The molecule has 150 valence electrons. The molecule has 8 nitrogen and oxygen atoms in total. The third kappa shape index (κ3) is 5.50. The number of hydrogen-bond donors (Lipinski definition) is 2. The van der Waals surface area contributed by atoms with Crippen LogP contribution < -0.4 is 10.6 Å². The largest absolute Gasteiger partial charge is 0.335 e. The SMILES string of the molecule is O=C(CN1CCN(S(=O)(=O)c2cccs2)CC1)NC(=O)NC1CCCCC1. The molecule has 2 heterocycles. The van der Waals surface area contributed by atoms with Crippen molar-refractivity contribution in [2.45, 2.75) is 42.4 Å². The lowest BCUT2D eigenvalue weighted by molar-refractivity contribution is -0.121. The predicted molar refractivity (Wildman–Crippen MR) is 103 cm³/mol. The minimum absolute atomic E-state index is 0.0883. The molecular formula is C17H26N4O4S2. The molecular weight excluding hydrogens is 388 g/mol. The maximum absolute atomic E-state index is 12.5. The molecule has 10 heteroatoms. The van der Waals surface area contributed by atoms with E-state index < -0.39 is 16.1 Å². The third-order valence-corrected chi connectivity index (χ3v) is 8.25. The van der Waals surface area contributed by atoms with Crippen LogP contribution in [-0.2, 0) is 14.8 Å². The summed E-state index contributed by atoms with van der Waals surface area (Å²) < 4.78 is 26.8. The van der Waals surface area contributed by atoms with Crippen molar-refractivity contribution in [3.05, 3.63) is 17.5 Å². The number of hydrogen-bond acceptors (Lipinski definition) is 6. The first kappa shape index (κ1) is 20.2. The van der Waals surface area contributed by atoms with Crippen LogP contribution in [-0.4, -0.2) is 68.3 Å². The van der Waals surface area contributed by atoms with Crippen molar-refractivity contribution in [2.24, 2.45) is 0 Å². The van der Waals surface area contributed by atoms with Gasteiger partial charge in [-0.3, -0.25) is 15.0 Å². The molecule has 1 saturated heterocycles. The van der Waals surface area contributed by atoms with E-state index in [4.69, 9.17) is 0 Å². The lowest BCUT2D eigenvalue weighted by Crippen LogP contribution is -2.52. The van der Waals surface area contributed by atoms with Gasteiger partial charge >= 0.3 is 6.03 Å². The number of sulfonamides is 1. The molecule has 1 aromatic heterocycles. The Labute approximate surface area is 164 Å². The molecule has 3 amide bonds. The molecule has 0 radical (unpaired) electrons. The number of imide groups is 1. The maximum atomic E-state index is 12.5. The number of nitrogens with zero attached hydrogens (tertiary/aromatic N) is 2. The fraction of sp³-hybridized carbons (Fsp3) is 0.647. The van der Waals surface area contributed by atoms with E-state index in [-0.39, 0.29) is 18.5 Å². The van der Waals surface area contributed by atoms with Gasteiger partial charge in [0.2, 0.25) is 5.91 Å². The van der Waals surface area contributed by atoms with E-state index in [1.807, 2.05) is 4.90 Å². The Hall–Kier alpha value is -1.49. The van der Waals surface area contributed by atoms with Crippen molar-refractivity contribution in [3.63, 3.8) is 0 Å². The number of thiophene rings is 1. The van der Waals surface area contributed by atoms with E-state index in [0.29, 0.717) is 30.4 Å². The quantitative estimate of drug-likeness (QED) is 0.755. The first-order valence-corrected chi connectivity index (χ1v) is 11.6. The van der Waals surface area contributed by atoms with Gasteiger partial charge in [0, 0.05) is 32.2 Å². The lowest BCUT2D eigenvalue weighted by atomic mass is 9.96. The van der Waals surface area contributed by atoms with Gasteiger partial charge in [0.15, 0.2) is 0 Å². The van der Waals surface area contributed by atoms with E-state index in [1.165, 1.54) is 22.1 Å². The van der Waals surface area contributed by atoms with E-state index in [0.717, 1.165) is 25.7 Å². The van der Waals surface area contributed by atoms with Crippen LogP contribution in [0, 0.1) is 0 Å². The molecule has 2 N–H and O–H groups in total. The Bertz CT molecular complexity index is 737. The second-order valence-corrected chi connectivity index (χ2v) is 10.1. The van der Waals surface area contributed by atoms with Crippen molar-refractivity contribution in [1.82, 2.24) is 19.8 Å². The van der Waals surface area contributed by atoms with Crippen LogP contribution in [0.1, 0.15) is 32.1 Å². The van der Waals surface area contributed by atoms with Crippen LogP contribution >= 0.6 is 11.3 Å². The number of carbonyl (C=O) groups is 2. The highest BCUT2D eigenvalue weighted by Crippen LogP contribution is 2.22. The van der Waals surface area contributed by atoms with Gasteiger partial charge in [0.05, 0.1) is 6.54 Å². The number of rotatable bonds is 5. The summed E-state index contributed by atoms with van der Waals surface area (Å²) in [5.74, 6) is -0.363. The second-order valence-electron chi connectivity index (χ2n) is 6.97. The number of amides is 3. The van der Waals surface area contributed by atoms with Crippen molar-refractivity contribution in [2.75, 3.05) is 32.7 Å². The first-order valence-electron chi connectivity index (χ1n) is 9.31. The smallest absolute Gasteiger partial charge is 0.321 e. The summed E-state index contributed by atoms with van der Waals surface area (Å²) in [6, 6.07) is 3.03. The molecule has 2 aliphatic rings. The van der Waals surface area contributed by atoms with Crippen LogP contribution in [0.5, 0.6) is 0 Å². The zero-order valence-corrected chi connectivity index (χ0v) is 16.9. The molecule has 0 aromatic carbocycles. The highest BCUT2D eigenvalue weighted by Gasteiger charge is 2.29. The molecule has 0 spiro atoms. The number of carbonyl (C=O) groups excluding carboxylic acids is 2. The van der Waals surface area contributed by atoms with Gasteiger partial charge in [-0.2, -0.15) is 4.31 Å². The highest BCUT2D eigenvalue weighted by molar-refractivity contribution is 7.91. The molecule has 1 aromatic rings. The molecule has 2 fully saturated rings. The van der Waals surface area contributed by atoms with Gasteiger partial charge in [0.1, 0.15) is 4.21 Å². The van der Waals surface area contributed by atoms with Crippen molar-refractivity contribution < 1.29 is 18.0 Å². The Morgan fingerprint density at radius 1 is 1.11 bits per heavy atom. The fourth-order valence-electron chi connectivity index (χ4n) is 3.50. The maximum Gasteiger partial charge on any atom is 0.321 e. The zero-order valence-electron chi connectivity index (χ0n) is 15.2. The Kier molecular flexibility index (Phi) is 6.85. The van der Waals surface area contributed by atoms with E-state index in [9.17, 15) is 18.0 Å². The molecule has 1 aliphatic carbocycles. The van der Waals surface area contributed by atoms with Gasteiger partial charge in [0.25, 0.3) is 10.0 Å². The molecule has 1 aliphatic heterocycles. The zero-order chi connectivity index (χ0) is 19.3. The second kappa shape index (κ2) is 9.13. The van der Waals surface area contributed by atoms with Crippen LogP contribution in [0.2, 0.25) is 0 Å². The van der Waals surface area contributed by atoms with Gasteiger partial charge in [-0.25, -0.2) is 13.2 Å². The summed E-state index contributed by atoms with van der Waals surface area (Å²) in [4.78, 5) is 25.9. The minimum Gasteiger partial charge on any atom is -0.335 e. The van der Waals surface area contributed by atoms with E-state index in [2.05, 4.69) is 10.6 Å². The van der Waals surface area contributed by atoms with Crippen LogP contribution in [0.25, 0.3) is 0 Å². The Balaban J connectivity index is 1.41. The summed E-state index contributed by atoms with van der Waals surface area (Å²) in [6.07, 6.45) is 5.34. The molecule has 27 heavy (non-hydrogen) atoms. The fourth-order valence-corrected chi connectivity index (χ4v) is 6.07. The number of nitrogens with one attached hydrogen (secondary N) is 2. The topological polar surface area (TPSA) is 98.8 Å². The van der Waals surface area contributed by atoms with Crippen molar-refractivity contribution in [1.29, 1.82) is 0 Å². The van der Waals surface area contributed by atoms with E-state index >= 15 is 0 Å². The van der Waals surface area contributed by atoms with Gasteiger partial charge in [-0.1, -0.05) is 25.3 Å². The van der Waals surface area contributed by atoms with Crippen LogP contribution in [0.15, 0.2) is 21.7 Å². The number of piperazine rings is 1. The monoisotopic (exact) mass is 414 g/mol. The lowest BCUT2D eigenvalue weighted by Gasteiger charge is -2.33. The average Bonchev–Trinajstić information content (AvgIpc) is 3.18. The molecule has 1 saturated carbocycles. The van der Waals surface area contributed by atoms with Crippen molar-refractivity contribution in [3.8, 4) is 0 Å². The van der Waals surface area contributed by atoms with Crippen molar-refractivity contribution >= 4 is 33.3 Å². The van der Waals surface area contributed by atoms with Crippen LogP contribution in [0.4, 0.5) is 4.79 Å². The predicted octanol–water partition coefficient (Wildman–Crippen LogP) is 1.21. The summed E-state index contributed by atoms with van der Waals surface area (Å²) in [7, 11) is -3.45. The molecule has 0 unspecified atom stereocenters. The average molecular weight is 415 g/mol. The molecule has 0 atom stereocenters. The summed E-state index contributed by atoms with van der Waals surface area (Å²) in [5, 5.41) is 6.97. The van der Waals surface area contributed by atoms with E-state index in [1.54, 1.807) is 17.5 Å². The van der Waals surface area contributed by atoms with Gasteiger partial charge in [-0.05, 0) is 24.3 Å². The minimum atomic E-state index is -3.45. The van der Waals surface area contributed by atoms with Crippen LogP contribution in [0.3, 0.4) is 0 Å². The molecule has 0 bridgehead atoms. The number of urea groups is 1. The van der Waals surface area contributed by atoms with Gasteiger partial charge < -0.3 is 5.32 Å². The normalized spacial score (nSPS) is 20.3. The third-order valence-electron chi connectivity index (χ3n) is 4.98. The summed E-state index contributed by atoms with van der Waals surface area (Å²) in [6.45, 7) is 1.68. The first-order chi connectivity index (χ1) is 12.9. The summed E-state index contributed by atoms with van der Waals surface area (Å²) in [5.41, 5.74) is 0. The van der Waals surface area contributed by atoms with Gasteiger partial charge in [-0.15, -0.1) is 11.3 Å². The molecule has 3 rings (SSSR count). The summed E-state index contributed by atoms with van der Waals surface area (Å²) >= 11 is 1.20. The highest BCUT2D eigenvalue weighted by atomic mass is 32.2. The Morgan fingerprint density at radius 2 is 1.81 bits per heavy atom. The Morgan fingerprint density at radius 3 is 2.44 bits per heavy atom.